The van der Waals surface area contributed by atoms with Gasteiger partial charge in [-0.05, 0) is 0 Å². The average molecular weight is 1110 g/mol. The molecule has 20 heteroatoms. The van der Waals surface area contributed by atoms with Crippen LogP contribution in [0.25, 0.3) is 64.6 Å². The molecule has 4 N–H and O–H groups in total. The van der Waals surface area contributed by atoms with Crippen LogP contribution in [0.4, 0.5) is 11.6 Å². The van der Waals surface area contributed by atoms with Crippen molar-refractivity contribution in [3.8, 4) is 0 Å². The molecule has 0 saturated carbocycles. The van der Waals surface area contributed by atoms with Crippen molar-refractivity contribution in [3.05, 3.63) is 165 Å². The molecule has 0 aliphatic carbocycles. The zero-order valence-corrected chi connectivity index (χ0v) is 48.3. The van der Waals surface area contributed by atoms with Crippen molar-refractivity contribution in [1.82, 2.24) is 5.11 Å². The van der Waals surface area contributed by atoms with Gasteiger partial charge in [-0.1, -0.05) is 0 Å². The monoisotopic (exact) mass is 1110 g/mol. The number of hydrogen-bond donors (Lipinski definition) is 2. The van der Waals surface area contributed by atoms with Crippen molar-refractivity contribution in [1.29, 1.82) is 0 Å². The van der Waals surface area contributed by atoms with E-state index in [0.29, 0.717) is 40.1 Å². The largest absolute Gasteiger partial charge is 1.00 e. The molecule has 72 heavy (non-hydrogen) atoms. The number of fused-ring (bicyclic) bond motifs is 18. The van der Waals surface area contributed by atoms with Gasteiger partial charge in [0.15, 0.2) is 0 Å². The number of rotatable bonds is 4. The smallest absolute Gasteiger partial charge is 1.00 e. The maximum atomic E-state index is 12.4. The number of aryl methyl sites for hydroxylation is 4. The summed E-state index contributed by atoms with van der Waals surface area (Å²) in [5, 5.41) is 24.3. The van der Waals surface area contributed by atoms with E-state index < -0.39 is 33.6 Å². The summed E-state index contributed by atoms with van der Waals surface area (Å²) in [5.74, 6) is 3.41. The molecule has 6 bridgehead atoms. The molecule has 0 atom stereocenters. The molecule has 15 nitrogen and oxygen atoms in total. The van der Waals surface area contributed by atoms with Gasteiger partial charge in [0.05, 0.1) is 0 Å². The van der Waals surface area contributed by atoms with Crippen molar-refractivity contribution < 1.29 is 95.0 Å². The van der Waals surface area contributed by atoms with E-state index >= 15 is 0 Å². The molecule has 2 aromatic heterocycles. The van der Waals surface area contributed by atoms with Gasteiger partial charge in [0.1, 0.15) is 0 Å². The van der Waals surface area contributed by atoms with Crippen LogP contribution in [-0.2, 0) is 19.5 Å². The Morgan fingerprint density at radius 3 is 1.40 bits per heavy atom. The standard InChI is InChI=1S/C52H32N8O6S2.In.2Na.H2O.2H/c1-23-33-9-5-7-11-35(33)25(3)43-41(23)50-56-46-38-20-28-14-16-32(68(62,63)64)18-30(28)22-40(38)48(54-46)58-52-44-26(4)36-12-8-6-10-34(36)24(2)42(44)49(60-52)55-45-37-19-27-13-15-31(67-66-65-61)17-29(27)21-39(37)47(53-45)57-51(43)59-50;;;;;;/h5-22H,1-4H3,(H2-2,53,54,55,56,57,58,59,60,61,62,63,64);;;;1H2;;/q-2;+2;2*+1;;2*-1. The molecule has 10 aromatic rings. The van der Waals surface area contributed by atoms with E-state index in [1.165, 1.54) is 12.1 Å². The van der Waals surface area contributed by atoms with Gasteiger partial charge in [-0.25, -0.2) is 5.26 Å². The van der Waals surface area contributed by atoms with E-state index in [0.717, 1.165) is 132 Å². The molecule has 0 fully saturated rings. The third kappa shape index (κ3) is 7.18. The molecule has 4 aliphatic heterocycles. The summed E-state index contributed by atoms with van der Waals surface area (Å²) in [6, 6.07) is 35.4. The Kier molecular flexibility index (Phi) is 12.3. The van der Waals surface area contributed by atoms with Gasteiger partial charge in [-0.2, -0.15) is 0 Å². The Morgan fingerprint density at radius 1 is 0.528 bits per heavy atom. The van der Waals surface area contributed by atoms with Gasteiger partial charge in [-0.3, -0.25) is 0 Å². The molecule has 1 radical (unpaired) electrons. The molecule has 0 amide bonds. The minimum Gasteiger partial charge on any atom is -1.00 e. The molecule has 4 aliphatic rings. The number of aliphatic imine (C=N–C) groups is 4. The second kappa shape index (κ2) is 17.9. The predicted molar refractivity (Wildman–Crippen MR) is 276 cm³/mol. The number of aromatic nitrogens is 2. The van der Waals surface area contributed by atoms with E-state index in [4.69, 9.17) is 39.5 Å². The van der Waals surface area contributed by atoms with Crippen LogP contribution in [0.1, 0.15) is 47.4 Å². The van der Waals surface area contributed by atoms with E-state index in [9.17, 15) is 13.0 Å². The Morgan fingerprint density at radius 2 is 0.944 bits per heavy atom. The summed E-state index contributed by atoms with van der Waals surface area (Å²) in [5.41, 5.74) is 8.80. The third-order valence-corrected chi connectivity index (χ3v) is 19.6. The zero-order chi connectivity index (χ0) is 46.8. The minimum absolute atomic E-state index is 0. The van der Waals surface area contributed by atoms with Crippen LogP contribution in [0.5, 0.6) is 0 Å². The second-order valence-corrected chi connectivity index (χ2v) is 23.5. The van der Waals surface area contributed by atoms with E-state index in [-0.39, 0.29) is 72.3 Å². The number of nitrogens with zero attached hydrogens (tertiary/aromatic N) is 8. The fourth-order valence-electron chi connectivity index (χ4n) is 10.9. The fourth-order valence-corrected chi connectivity index (χ4v) is 15.8. The maximum absolute atomic E-state index is 12.4. The van der Waals surface area contributed by atoms with Crippen molar-refractivity contribution in [2.24, 2.45) is 30.0 Å². The Bertz CT molecular complexity index is 4570. The van der Waals surface area contributed by atoms with Crippen molar-refractivity contribution in [2.45, 2.75) is 37.5 Å². The third-order valence-electron chi connectivity index (χ3n) is 14.1. The van der Waals surface area contributed by atoms with Gasteiger partial charge in [0, 0.05) is 0 Å². The molecule has 6 heterocycles. The summed E-state index contributed by atoms with van der Waals surface area (Å²) < 4.78 is 44.3. The first-order valence-corrected chi connectivity index (χ1v) is 27.1. The van der Waals surface area contributed by atoms with Crippen LogP contribution in [-0.4, -0.2) is 75.6 Å². The second-order valence-electron chi connectivity index (χ2n) is 17.7. The fraction of sp³-hybridized carbons (Fsp3) is 0.0769. The summed E-state index contributed by atoms with van der Waals surface area (Å²) >= 11 is -1.61. The van der Waals surface area contributed by atoms with E-state index in [2.05, 4.69) is 98.5 Å². The van der Waals surface area contributed by atoms with E-state index in [1.54, 1.807) is 6.07 Å². The van der Waals surface area contributed by atoms with Crippen LogP contribution >= 0.6 is 12.0 Å². The van der Waals surface area contributed by atoms with Crippen LogP contribution < -0.4 is 70.1 Å². The number of amidine groups is 4. The summed E-state index contributed by atoms with van der Waals surface area (Å²) in [4.78, 5) is 33.7. The molecule has 343 valence electrons. The molecule has 8 aromatic carbocycles. The van der Waals surface area contributed by atoms with Crippen molar-refractivity contribution in [2.75, 3.05) is 0 Å². The zero-order valence-electron chi connectivity index (χ0n) is 41.4. The van der Waals surface area contributed by atoms with E-state index in [1.807, 2.05) is 30.3 Å². The first kappa shape index (κ1) is 49.3. The molecule has 0 unspecified atom stereocenters. The Labute approximate surface area is 472 Å². The normalized spacial score (nSPS) is 14.0. The first-order chi connectivity index (χ1) is 33.4. The van der Waals surface area contributed by atoms with Crippen LogP contribution in [0.2, 0.25) is 0 Å². The number of benzene rings is 8. The summed E-state index contributed by atoms with van der Waals surface area (Å²) in [6.45, 7) is 8.62. The summed E-state index contributed by atoms with van der Waals surface area (Å²) in [6.07, 6.45) is 0. The molecular weight excluding hydrogens is 1070 g/mol. The van der Waals surface area contributed by atoms with Crippen LogP contribution in [0.15, 0.2) is 149 Å². The van der Waals surface area contributed by atoms with Crippen LogP contribution in [0.3, 0.4) is 0 Å². The molecule has 0 saturated heterocycles. The van der Waals surface area contributed by atoms with Gasteiger partial charge in [0.2, 0.25) is 0 Å². The van der Waals surface area contributed by atoms with Gasteiger partial charge >= 0.3 is 464 Å². The predicted octanol–water partition coefficient (Wildman–Crippen LogP) is 3.40. The Balaban J connectivity index is 0.00000134. The van der Waals surface area contributed by atoms with Gasteiger partial charge < -0.3 is 8.33 Å². The molecular formula is C52H36InN8Na2O7S2. The summed E-state index contributed by atoms with van der Waals surface area (Å²) in [7, 11) is -4.48. The Hall–Kier alpha value is -4.87. The first-order valence-electron chi connectivity index (χ1n) is 22.0. The molecule has 14 rings (SSSR count). The maximum Gasteiger partial charge on any atom is 1.00 e. The SMILES string of the molecule is Cc1c2ccccc2c(C)c2c3[n]4c(c12)N=C1N=C(N=c2c5c(C)c6ccccc6c(C)c5c([n]2[In]4)=NC2=NC(=N3)c3cc4cc(S(=O)(=O)O)ccc4cc32)c2cc3cc(SOOO)ccc3cc21.O.[H-].[H-].[Na+].[Na+]. The minimum atomic E-state index is -4.48. The quantitative estimate of drug-likeness (QED) is 0.0882. The van der Waals surface area contributed by atoms with Crippen molar-refractivity contribution in [3.63, 3.8) is 0 Å². The average Bonchev–Trinajstić information content (AvgIpc) is 4.05. The topological polar surface area (TPSA) is 209 Å². The van der Waals surface area contributed by atoms with Gasteiger partial charge in [-0.15, -0.1) is 0 Å². The van der Waals surface area contributed by atoms with Crippen LogP contribution in [0, 0.1) is 27.7 Å². The number of hydrogen-bond acceptors (Lipinski definition) is 12. The van der Waals surface area contributed by atoms with Crippen molar-refractivity contribution >= 4 is 145 Å². The molecule has 0 spiro atoms. The van der Waals surface area contributed by atoms with Gasteiger partial charge in [0.25, 0.3) is 0 Å².